The highest BCUT2D eigenvalue weighted by Gasteiger charge is 2.29. The Kier molecular flexibility index (Phi) is 4.32. The predicted molar refractivity (Wildman–Crippen MR) is 80.6 cm³/mol. The van der Waals surface area contributed by atoms with Crippen molar-refractivity contribution in [2.45, 2.75) is 26.3 Å². The number of carbonyl (C=O) groups excluding carboxylic acids is 1. The van der Waals surface area contributed by atoms with Crippen LogP contribution >= 0.6 is 15.9 Å². The quantitative estimate of drug-likeness (QED) is 0.859. The first-order chi connectivity index (χ1) is 10.2. The van der Waals surface area contributed by atoms with Gasteiger partial charge in [-0.1, -0.05) is 21.1 Å². The molecule has 0 spiro atoms. The van der Waals surface area contributed by atoms with Gasteiger partial charge in [0, 0.05) is 17.0 Å². The van der Waals surface area contributed by atoms with Crippen molar-refractivity contribution in [1.82, 2.24) is 15.5 Å². The average molecular weight is 368 g/mol. The minimum absolute atomic E-state index is 0.0211. The lowest BCUT2D eigenvalue weighted by Crippen LogP contribution is -2.42. The molecule has 0 saturated carbocycles. The summed E-state index contributed by atoms with van der Waals surface area (Å²) in [4.78, 5) is 27.5. The SMILES string of the molecule is Cc1nc(C(C)(C)NC(=O)c2cc(Br)cc(C(=O)O)c2)no1. The summed E-state index contributed by atoms with van der Waals surface area (Å²) in [6.07, 6.45) is 0. The third kappa shape index (κ3) is 3.51. The van der Waals surface area contributed by atoms with Crippen LogP contribution in [0.5, 0.6) is 0 Å². The van der Waals surface area contributed by atoms with Crippen molar-refractivity contribution in [3.05, 3.63) is 45.5 Å². The molecular weight excluding hydrogens is 354 g/mol. The Hall–Kier alpha value is -2.22. The molecule has 0 radical (unpaired) electrons. The average Bonchev–Trinajstić information content (AvgIpc) is 2.85. The van der Waals surface area contributed by atoms with E-state index in [1.807, 2.05) is 0 Å². The summed E-state index contributed by atoms with van der Waals surface area (Å²) in [5.41, 5.74) is -0.617. The number of nitrogens with zero attached hydrogens (tertiary/aromatic N) is 2. The first kappa shape index (κ1) is 16.2. The first-order valence-electron chi connectivity index (χ1n) is 6.36. The molecule has 2 N–H and O–H groups in total. The van der Waals surface area contributed by atoms with E-state index in [0.717, 1.165) is 0 Å². The molecule has 1 aromatic carbocycles. The van der Waals surface area contributed by atoms with Crippen molar-refractivity contribution in [2.75, 3.05) is 0 Å². The number of rotatable bonds is 4. The van der Waals surface area contributed by atoms with Crippen LogP contribution in [0.15, 0.2) is 27.2 Å². The Bertz CT molecular complexity index is 739. The Morgan fingerprint density at radius 3 is 2.45 bits per heavy atom. The van der Waals surface area contributed by atoms with E-state index in [-0.39, 0.29) is 11.1 Å². The fourth-order valence-electron chi connectivity index (χ4n) is 1.81. The summed E-state index contributed by atoms with van der Waals surface area (Å²) >= 11 is 3.19. The third-order valence-corrected chi connectivity index (χ3v) is 3.38. The van der Waals surface area contributed by atoms with Gasteiger partial charge in [0.25, 0.3) is 5.91 Å². The lowest BCUT2D eigenvalue weighted by atomic mass is 10.0. The summed E-state index contributed by atoms with van der Waals surface area (Å²) in [5.74, 6) is -0.806. The second kappa shape index (κ2) is 5.88. The minimum Gasteiger partial charge on any atom is -0.478 e. The molecule has 22 heavy (non-hydrogen) atoms. The fourth-order valence-corrected chi connectivity index (χ4v) is 2.30. The molecular formula is C14H14BrN3O4. The topological polar surface area (TPSA) is 105 Å². The third-order valence-electron chi connectivity index (χ3n) is 2.92. The molecule has 0 aliphatic heterocycles. The first-order valence-corrected chi connectivity index (χ1v) is 7.15. The van der Waals surface area contributed by atoms with E-state index < -0.39 is 17.4 Å². The van der Waals surface area contributed by atoms with Crippen LogP contribution in [0.4, 0.5) is 0 Å². The summed E-state index contributed by atoms with van der Waals surface area (Å²) in [6.45, 7) is 5.11. The molecule has 0 aliphatic carbocycles. The van der Waals surface area contributed by atoms with Gasteiger partial charge in [-0.05, 0) is 32.0 Å². The van der Waals surface area contributed by atoms with Gasteiger partial charge in [-0.15, -0.1) is 0 Å². The zero-order valence-corrected chi connectivity index (χ0v) is 13.8. The normalized spacial score (nSPS) is 11.3. The Balaban J connectivity index is 2.27. The standard InChI is InChI=1S/C14H14BrN3O4/c1-7-16-13(18-22-7)14(2,3)17-11(19)8-4-9(12(20)21)6-10(15)5-8/h4-6H,1-3H3,(H,17,19)(H,20,21). The smallest absolute Gasteiger partial charge is 0.335 e. The number of aromatic nitrogens is 2. The van der Waals surface area contributed by atoms with Crippen molar-refractivity contribution < 1.29 is 19.2 Å². The molecule has 2 rings (SSSR count). The van der Waals surface area contributed by atoms with Crippen LogP contribution in [-0.2, 0) is 5.54 Å². The van der Waals surface area contributed by atoms with Crippen LogP contribution in [0.3, 0.4) is 0 Å². The van der Waals surface area contributed by atoms with Crippen molar-refractivity contribution in [2.24, 2.45) is 0 Å². The molecule has 0 atom stereocenters. The maximum absolute atomic E-state index is 12.4. The minimum atomic E-state index is -1.11. The van der Waals surface area contributed by atoms with E-state index in [0.29, 0.717) is 16.2 Å². The Morgan fingerprint density at radius 1 is 1.27 bits per heavy atom. The highest BCUT2D eigenvalue weighted by molar-refractivity contribution is 9.10. The molecule has 0 fully saturated rings. The number of carbonyl (C=O) groups is 2. The van der Waals surface area contributed by atoms with Gasteiger partial charge >= 0.3 is 5.97 Å². The van der Waals surface area contributed by atoms with E-state index >= 15 is 0 Å². The molecule has 0 saturated heterocycles. The van der Waals surface area contributed by atoms with Gasteiger partial charge in [0.2, 0.25) is 5.89 Å². The molecule has 7 nitrogen and oxygen atoms in total. The van der Waals surface area contributed by atoms with E-state index in [1.165, 1.54) is 12.1 Å². The van der Waals surface area contributed by atoms with Crippen molar-refractivity contribution in [3.63, 3.8) is 0 Å². The van der Waals surface area contributed by atoms with Crippen molar-refractivity contribution in [1.29, 1.82) is 0 Å². The number of aromatic carboxylic acids is 1. The zero-order valence-electron chi connectivity index (χ0n) is 12.2. The summed E-state index contributed by atoms with van der Waals surface area (Å²) < 4.78 is 5.42. The summed E-state index contributed by atoms with van der Waals surface area (Å²) in [7, 11) is 0. The van der Waals surface area contributed by atoms with E-state index in [1.54, 1.807) is 26.8 Å². The van der Waals surface area contributed by atoms with E-state index in [2.05, 4.69) is 31.4 Å². The summed E-state index contributed by atoms with van der Waals surface area (Å²) in [5, 5.41) is 15.6. The highest BCUT2D eigenvalue weighted by Crippen LogP contribution is 2.20. The van der Waals surface area contributed by atoms with Crippen molar-refractivity contribution >= 4 is 27.8 Å². The number of nitrogens with one attached hydrogen (secondary N) is 1. The van der Waals surface area contributed by atoms with Gasteiger partial charge < -0.3 is 14.9 Å². The number of carboxylic acids is 1. The molecule has 1 amide bonds. The number of hydrogen-bond acceptors (Lipinski definition) is 5. The maximum Gasteiger partial charge on any atom is 0.335 e. The Labute approximate surface area is 134 Å². The van der Waals surface area contributed by atoms with Crippen molar-refractivity contribution in [3.8, 4) is 0 Å². The molecule has 0 unspecified atom stereocenters. The number of hydrogen-bond donors (Lipinski definition) is 2. The molecule has 8 heteroatoms. The molecule has 116 valence electrons. The second-order valence-electron chi connectivity index (χ2n) is 5.25. The van der Waals surface area contributed by atoms with Crippen LogP contribution < -0.4 is 5.32 Å². The van der Waals surface area contributed by atoms with Crippen LogP contribution in [0, 0.1) is 6.92 Å². The number of amides is 1. The number of aryl methyl sites for hydroxylation is 1. The van der Waals surface area contributed by atoms with Crippen LogP contribution in [-0.4, -0.2) is 27.1 Å². The number of halogens is 1. The van der Waals surface area contributed by atoms with Gasteiger partial charge in [0.1, 0.15) is 0 Å². The van der Waals surface area contributed by atoms with Crippen LogP contribution in [0.1, 0.15) is 46.3 Å². The summed E-state index contributed by atoms with van der Waals surface area (Å²) in [6, 6.07) is 4.27. The lowest BCUT2D eigenvalue weighted by Gasteiger charge is -2.22. The highest BCUT2D eigenvalue weighted by atomic mass is 79.9. The fraction of sp³-hybridized carbons (Fsp3) is 0.286. The monoisotopic (exact) mass is 367 g/mol. The van der Waals surface area contributed by atoms with Gasteiger partial charge in [-0.25, -0.2) is 4.79 Å². The maximum atomic E-state index is 12.4. The van der Waals surface area contributed by atoms with Crippen LogP contribution in [0.2, 0.25) is 0 Å². The number of carboxylic acid groups (broad SMARTS) is 1. The number of benzene rings is 1. The van der Waals surface area contributed by atoms with E-state index in [4.69, 9.17) is 9.63 Å². The van der Waals surface area contributed by atoms with Gasteiger partial charge in [-0.3, -0.25) is 4.79 Å². The van der Waals surface area contributed by atoms with Gasteiger partial charge in [-0.2, -0.15) is 4.98 Å². The molecule has 0 bridgehead atoms. The molecule has 2 aromatic rings. The lowest BCUT2D eigenvalue weighted by molar-refractivity contribution is 0.0697. The molecule has 1 heterocycles. The largest absolute Gasteiger partial charge is 0.478 e. The zero-order chi connectivity index (χ0) is 16.5. The van der Waals surface area contributed by atoms with Crippen LogP contribution in [0.25, 0.3) is 0 Å². The van der Waals surface area contributed by atoms with Gasteiger partial charge in [0.05, 0.1) is 11.1 Å². The second-order valence-corrected chi connectivity index (χ2v) is 6.17. The predicted octanol–water partition coefficient (Wildman–Crippen LogP) is 2.50. The molecule has 0 aliphatic rings. The van der Waals surface area contributed by atoms with Gasteiger partial charge in [0.15, 0.2) is 5.82 Å². The Morgan fingerprint density at radius 2 is 1.91 bits per heavy atom. The molecule has 1 aromatic heterocycles. The van der Waals surface area contributed by atoms with E-state index in [9.17, 15) is 9.59 Å².